The average molecular weight is 300 g/mol. The number of aliphatic hydroxyl groups is 1. The highest BCUT2D eigenvalue weighted by Gasteiger charge is 2.47. The van der Waals surface area contributed by atoms with Crippen LogP contribution in [0, 0.1) is 0 Å². The second-order valence-electron chi connectivity index (χ2n) is 5.11. The minimum Gasteiger partial charge on any atom is -0.394 e. The molecular formula is C13H20N2O6. The molecule has 8 nitrogen and oxygen atoms in total. The van der Waals surface area contributed by atoms with E-state index in [0.29, 0.717) is 0 Å². The van der Waals surface area contributed by atoms with Crippen LogP contribution < -0.4 is 11.2 Å². The summed E-state index contributed by atoms with van der Waals surface area (Å²) in [5.41, 5.74) is -1.09. The largest absolute Gasteiger partial charge is 0.394 e. The molecule has 1 unspecified atom stereocenters. The first-order valence-corrected chi connectivity index (χ1v) is 6.74. The molecule has 1 aliphatic rings. The third kappa shape index (κ3) is 3.24. The lowest BCUT2D eigenvalue weighted by Gasteiger charge is -2.25. The van der Waals surface area contributed by atoms with Crippen molar-refractivity contribution in [2.24, 2.45) is 0 Å². The van der Waals surface area contributed by atoms with Gasteiger partial charge in [0.2, 0.25) is 0 Å². The standard InChI is InChI=1S/C13H20N2O6/c1-7(2)20-10-8(6-16)21-12(11(10)19-3)15-5-4-9(17)14-13(15)18/h4-5,7-8,10-12,16H,6H2,1-3H3,(H,14,17,18)/t8-,10+,11?,12-/m1/s1. The number of methoxy groups -OCH3 is 1. The molecule has 1 aromatic heterocycles. The number of hydrogen-bond acceptors (Lipinski definition) is 6. The van der Waals surface area contributed by atoms with Crippen molar-refractivity contribution in [3.8, 4) is 0 Å². The van der Waals surface area contributed by atoms with Crippen molar-refractivity contribution in [3.05, 3.63) is 33.1 Å². The summed E-state index contributed by atoms with van der Waals surface area (Å²) in [5.74, 6) is 0. The molecule has 8 heteroatoms. The third-order valence-corrected chi connectivity index (χ3v) is 3.29. The van der Waals surface area contributed by atoms with E-state index in [-0.39, 0.29) is 12.7 Å². The van der Waals surface area contributed by atoms with Crippen LogP contribution >= 0.6 is 0 Å². The van der Waals surface area contributed by atoms with E-state index < -0.39 is 35.8 Å². The molecule has 2 rings (SSSR count). The van der Waals surface area contributed by atoms with Crippen LogP contribution in [-0.2, 0) is 14.2 Å². The molecule has 21 heavy (non-hydrogen) atoms. The lowest BCUT2D eigenvalue weighted by Crippen LogP contribution is -2.41. The van der Waals surface area contributed by atoms with Gasteiger partial charge in [0.05, 0.1) is 12.7 Å². The predicted octanol–water partition coefficient (Wildman–Crippen LogP) is -0.765. The minimum atomic E-state index is -0.778. The highest BCUT2D eigenvalue weighted by Crippen LogP contribution is 2.32. The number of nitrogens with one attached hydrogen (secondary N) is 1. The van der Waals surface area contributed by atoms with Gasteiger partial charge in [-0.3, -0.25) is 14.3 Å². The van der Waals surface area contributed by atoms with Crippen molar-refractivity contribution >= 4 is 0 Å². The molecule has 118 valence electrons. The van der Waals surface area contributed by atoms with Crippen LogP contribution in [0.15, 0.2) is 21.9 Å². The summed E-state index contributed by atoms with van der Waals surface area (Å²) in [6, 6.07) is 1.22. The maximum Gasteiger partial charge on any atom is 0.330 e. The Hall–Kier alpha value is -1.48. The summed E-state index contributed by atoms with van der Waals surface area (Å²) in [7, 11) is 1.48. The van der Waals surface area contributed by atoms with E-state index in [1.54, 1.807) is 0 Å². The number of nitrogens with zero attached hydrogens (tertiary/aromatic N) is 1. The molecule has 0 saturated carbocycles. The fourth-order valence-corrected chi connectivity index (χ4v) is 2.44. The van der Waals surface area contributed by atoms with Gasteiger partial charge in [0.25, 0.3) is 5.56 Å². The monoisotopic (exact) mass is 300 g/mol. The molecule has 1 fully saturated rings. The van der Waals surface area contributed by atoms with Crippen LogP contribution in [0.1, 0.15) is 20.1 Å². The van der Waals surface area contributed by atoms with Crippen molar-refractivity contribution in [2.45, 2.75) is 44.5 Å². The minimum absolute atomic E-state index is 0.0867. The maximum absolute atomic E-state index is 11.9. The quantitative estimate of drug-likeness (QED) is 0.740. The van der Waals surface area contributed by atoms with Gasteiger partial charge in [-0.05, 0) is 13.8 Å². The summed E-state index contributed by atoms with van der Waals surface area (Å²) in [5, 5.41) is 9.43. The van der Waals surface area contributed by atoms with Gasteiger partial charge >= 0.3 is 5.69 Å². The molecule has 2 heterocycles. The normalized spacial score (nSPS) is 29.2. The Morgan fingerprint density at radius 2 is 2.14 bits per heavy atom. The van der Waals surface area contributed by atoms with E-state index in [0.717, 1.165) is 0 Å². The van der Waals surface area contributed by atoms with Gasteiger partial charge in [0, 0.05) is 19.4 Å². The van der Waals surface area contributed by atoms with E-state index in [4.69, 9.17) is 14.2 Å². The van der Waals surface area contributed by atoms with Crippen LogP contribution in [0.3, 0.4) is 0 Å². The second kappa shape index (κ2) is 6.52. The predicted molar refractivity (Wildman–Crippen MR) is 73.1 cm³/mol. The van der Waals surface area contributed by atoms with Crippen molar-refractivity contribution < 1.29 is 19.3 Å². The van der Waals surface area contributed by atoms with Crippen LogP contribution in [0.2, 0.25) is 0 Å². The first kappa shape index (κ1) is 15.9. The molecule has 2 N–H and O–H groups in total. The Balaban J connectivity index is 2.35. The highest BCUT2D eigenvalue weighted by atomic mass is 16.6. The number of rotatable bonds is 5. The lowest BCUT2D eigenvalue weighted by atomic mass is 10.1. The summed E-state index contributed by atoms with van der Waals surface area (Å²) in [6.45, 7) is 3.47. The van der Waals surface area contributed by atoms with E-state index in [1.807, 2.05) is 13.8 Å². The number of aliphatic hydroxyl groups excluding tert-OH is 1. The Kier molecular flexibility index (Phi) is 4.94. The number of hydrogen-bond donors (Lipinski definition) is 2. The first-order valence-electron chi connectivity index (χ1n) is 6.74. The molecule has 1 aliphatic heterocycles. The Bertz CT molecular complexity index is 581. The second-order valence-corrected chi connectivity index (χ2v) is 5.11. The van der Waals surface area contributed by atoms with Crippen molar-refractivity contribution in [3.63, 3.8) is 0 Å². The van der Waals surface area contributed by atoms with Crippen LogP contribution in [0.4, 0.5) is 0 Å². The zero-order valence-electron chi connectivity index (χ0n) is 12.2. The molecule has 4 atom stereocenters. The van der Waals surface area contributed by atoms with E-state index in [9.17, 15) is 14.7 Å². The molecular weight excluding hydrogens is 280 g/mol. The lowest BCUT2D eigenvalue weighted by molar-refractivity contribution is -0.0846. The van der Waals surface area contributed by atoms with Gasteiger partial charge in [-0.1, -0.05) is 0 Å². The number of ether oxygens (including phenoxy) is 3. The van der Waals surface area contributed by atoms with Crippen molar-refractivity contribution in [2.75, 3.05) is 13.7 Å². The Labute approximate surface area is 121 Å². The fourth-order valence-electron chi connectivity index (χ4n) is 2.44. The van der Waals surface area contributed by atoms with Gasteiger partial charge in [-0.2, -0.15) is 0 Å². The van der Waals surface area contributed by atoms with Gasteiger partial charge in [-0.15, -0.1) is 0 Å². The average Bonchev–Trinajstić information content (AvgIpc) is 2.75. The summed E-state index contributed by atoms with van der Waals surface area (Å²) in [6.07, 6.45) is -1.22. The first-order chi connectivity index (χ1) is 9.97. The number of aromatic nitrogens is 2. The Morgan fingerprint density at radius 1 is 1.43 bits per heavy atom. The molecule has 0 bridgehead atoms. The molecule has 0 aromatic carbocycles. The van der Waals surface area contributed by atoms with Crippen molar-refractivity contribution in [1.82, 2.24) is 9.55 Å². The van der Waals surface area contributed by atoms with Crippen LogP contribution in [0.25, 0.3) is 0 Å². The van der Waals surface area contributed by atoms with Gasteiger partial charge < -0.3 is 19.3 Å². The van der Waals surface area contributed by atoms with E-state index >= 15 is 0 Å². The van der Waals surface area contributed by atoms with Gasteiger partial charge in [0.15, 0.2) is 6.23 Å². The Morgan fingerprint density at radius 3 is 2.67 bits per heavy atom. The van der Waals surface area contributed by atoms with Gasteiger partial charge in [-0.25, -0.2) is 4.79 Å². The highest BCUT2D eigenvalue weighted by molar-refractivity contribution is 4.94. The third-order valence-electron chi connectivity index (χ3n) is 3.29. The maximum atomic E-state index is 11.9. The zero-order valence-corrected chi connectivity index (χ0v) is 12.2. The summed E-state index contributed by atoms with van der Waals surface area (Å²) in [4.78, 5) is 25.2. The number of aromatic amines is 1. The van der Waals surface area contributed by atoms with E-state index in [2.05, 4.69) is 4.98 Å². The SMILES string of the molecule is COC1[C@@H](OC(C)C)[C@@H](CO)O[C@H]1n1ccc(=O)[nH]c1=O. The molecule has 0 amide bonds. The topological polar surface area (TPSA) is 103 Å². The molecule has 1 aromatic rings. The van der Waals surface area contributed by atoms with Crippen molar-refractivity contribution in [1.29, 1.82) is 0 Å². The molecule has 1 saturated heterocycles. The van der Waals surface area contributed by atoms with Crippen LogP contribution in [-0.4, -0.2) is 52.8 Å². The fraction of sp³-hybridized carbons (Fsp3) is 0.692. The molecule has 0 radical (unpaired) electrons. The summed E-state index contributed by atoms with van der Waals surface area (Å²) < 4.78 is 18.0. The smallest absolute Gasteiger partial charge is 0.330 e. The molecule has 0 spiro atoms. The molecule has 0 aliphatic carbocycles. The van der Waals surface area contributed by atoms with Gasteiger partial charge in [0.1, 0.15) is 18.3 Å². The zero-order chi connectivity index (χ0) is 15.6. The van der Waals surface area contributed by atoms with Crippen LogP contribution in [0.5, 0.6) is 0 Å². The summed E-state index contributed by atoms with van der Waals surface area (Å²) >= 11 is 0. The van der Waals surface area contributed by atoms with E-state index in [1.165, 1.54) is 23.9 Å². The number of H-pyrrole nitrogens is 1.